The van der Waals surface area contributed by atoms with Gasteiger partial charge < -0.3 is 10.6 Å². The molecule has 0 unspecified atom stereocenters. The Labute approximate surface area is 159 Å². The van der Waals surface area contributed by atoms with Crippen LogP contribution in [0.2, 0.25) is 0 Å². The van der Waals surface area contributed by atoms with Crippen molar-refractivity contribution in [2.45, 2.75) is 53.0 Å². The predicted molar refractivity (Wildman–Crippen MR) is 106 cm³/mol. The molecule has 0 amide bonds. The summed E-state index contributed by atoms with van der Waals surface area (Å²) in [5, 5.41) is 0.911. The van der Waals surface area contributed by atoms with E-state index in [1.807, 2.05) is 30.6 Å². The SMILES string of the molecule is N[C@@H]1CCCC12CCN(c1cnc(Sc3cccc(S)c3)cn1)CC2. The molecule has 2 aliphatic rings. The van der Waals surface area contributed by atoms with Gasteiger partial charge in [-0.05, 0) is 49.3 Å². The Morgan fingerprint density at radius 2 is 2.00 bits per heavy atom. The number of rotatable bonds is 3. The zero-order valence-corrected chi connectivity index (χ0v) is 16.0. The molecule has 1 spiro atoms. The molecule has 1 aliphatic heterocycles. The average molecular weight is 373 g/mol. The molecule has 2 N–H and O–H groups in total. The molecule has 4 rings (SSSR count). The topological polar surface area (TPSA) is 55.0 Å². The molecule has 1 aromatic heterocycles. The predicted octanol–water partition coefficient (Wildman–Crippen LogP) is 4.01. The first-order chi connectivity index (χ1) is 12.1. The van der Waals surface area contributed by atoms with Crippen LogP contribution < -0.4 is 10.6 Å². The lowest BCUT2D eigenvalue weighted by atomic mass is 9.74. The zero-order valence-electron chi connectivity index (χ0n) is 14.3. The molecule has 1 aromatic carbocycles. The molecule has 1 atom stereocenters. The van der Waals surface area contributed by atoms with Gasteiger partial charge in [0.2, 0.25) is 0 Å². The minimum atomic E-state index is 0.387. The largest absolute Gasteiger partial charge is 0.355 e. The monoisotopic (exact) mass is 372 g/mol. The van der Waals surface area contributed by atoms with Crippen LogP contribution in [0.15, 0.2) is 51.5 Å². The molecule has 0 bridgehead atoms. The van der Waals surface area contributed by atoms with Crippen LogP contribution >= 0.6 is 24.4 Å². The highest BCUT2D eigenvalue weighted by Crippen LogP contribution is 2.45. The minimum absolute atomic E-state index is 0.387. The molecule has 1 saturated heterocycles. The van der Waals surface area contributed by atoms with Crippen LogP contribution in [-0.2, 0) is 0 Å². The van der Waals surface area contributed by atoms with Gasteiger partial charge in [0, 0.05) is 28.9 Å². The van der Waals surface area contributed by atoms with Crippen molar-refractivity contribution in [1.29, 1.82) is 0 Å². The Balaban J connectivity index is 1.39. The first kappa shape index (κ1) is 17.2. The van der Waals surface area contributed by atoms with Gasteiger partial charge in [-0.2, -0.15) is 0 Å². The van der Waals surface area contributed by atoms with E-state index in [0.717, 1.165) is 33.7 Å². The van der Waals surface area contributed by atoms with E-state index >= 15 is 0 Å². The highest BCUT2D eigenvalue weighted by Gasteiger charge is 2.42. The summed E-state index contributed by atoms with van der Waals surface area (Å²) in [7, 11) is 0. The van der Waals surface area contributed by atoms with Gasteiger partial charge in [0.15, 0.2) is 0 Å². The first-order valence-electron chi connectivity index (χ1n) is 8.94. The van der Waals surface area contributed by atoms with E-state index in [0.29, 0.717) is 11.5 Å². The summed E-state index contributed by atoms with van der Waals surface area (Å²) in [6, 6.07) is 8.47. The van der Waals surface area contributed by atoms with E-state index in [-0.39, 0.29) is 0 Å². The Bertz CT molecular complexity index is 726. The third kappa shape index (κ3) is 3.66. The molecule has 132 valence electrons. The standard InChI is InChI=1S/C19H24N4S2/c20-16-5-2-6-19(16)7-9-23(10-8-19)17-12-22-18(13-21-17)25-15-4-1-3-14(24)11-15/h1,3-4,11-13,16,24H,2,5-10,20H2/t16-/m1/s1. The Morgan fingerprint density at radius 3 is 2.64 bits per heavy atom. The Hall–Kier alpha value is -1.24. The van der Waals surface area contributed by atoms with E-state index in [1.54, 1.807) is 11.8 Å². The summed E-state index contributed by atoms with van der Waals surface area (Å²) in [5.41, 5.74) is 6.76. The zero-order chi connectivity index (χ0) is 17.3. The number of anilines is 1. The molecular weight excluding hydrogens is 348 g/mol. The average Bonchev–Trinajstić information content (AvgIpc) is 2.97. The molecule has 4 nitrogen and oxygen atoms in total. The maximum Gasteiger partial charge on any atom is 0.147 e. The number of nitrogens with zero attached hydrogens (tertiary/aromatic N) is 3. The maximum absolute atomic E-state index is 6.38. The molecule has 0 radical (unpaired) electrons. The lowest BCUT2D eigenvalue weighted by Gasteiger charge is -2.42. The Kier molecular flexibility index (Phi) is 4.93. The molecule has 1 saturated carbocycles. The Morgan fingerprint density at radius 1 is 1.16 bits per heavy atom. The number of thiol groups is 1. The van der Waals surface area contributed by atoms with Gasteiger partial charge in [-0.3, -0.25) is 0 Å². The quantitative estimate of drug-likeness (QED) is 0.797. The minimum Gasteiger partial charge on any atom is -0.355 e. The van der Waals surface area contributed by atoms with Gasteiger partial charge in [0.1, 0.15) is 10.8 Å². The van der Waals surface area contributed by atoms with Gasteiger partial charge >= 0.3 is 0 Å². The van der Waals surface area contributed by atoms with E-state index in [9.17, 15) is 0 Å². The second-order valence-corrected chi connectivity index (χ2v) is 8.77. The van der Waals surface area contributed by atoms with Crippen molar-refractivity contribution in [2.75, 3.05) is 18.0 Å². The summed E-state index contributed by atoms with van der Waals surface area (Å²) < 4.78 is 0. The summed E-state index contributed by atoms with van der Waals surface area (Å²) in [4.78, 5) is 13.7. The van der Waals surface area contributed by atoms with E-state index in [2.05, 4.69) is 33.6 Å². The fourth-order valence-corrected chi connectivity index (χ4v) is 5.26. The van der Waals surface area contributed by atoms with Crippen LogP contribution in [0, 0.1) is 5.41 Å². The van der Waals surface area contributed by atoms with Gasteiger partial charge in [0.05, 0.1) is 12.4 Å². The first-order valence-corrected chi connectivity index (χ1v) is 10.2. The maximum atomic E-state index is 6.38. The summed E-state index contributed by atoms with van der Waals surface area (Å²) in [6.45, 7) is 2.08. The lowest BCUT2D eigenvalue weighted by Crippen LogP contribution is -2.47. The van der Waals surface area contributed by atoms with E-state index < -0.39 is 0 Å². The molecule has 2 aromatic rings. The van der Waals surface area contributed by atoms with Crippen LogP contribution in [0.1, 0.15) is 32.1 Å². The third-order valence-electron chi connectivity index (χ3n) is 5.71. The molecule has 6 heteroatoms. The fourth-order valence-electron chi connectivity index (χ4n) is 4.16. The molecule has 2 heterocycles. The summed E-state index contributed by atoms with van der Waals surface area (Å²) in [5.74, 6) is 0.980. The van der Waals surface area contributed by atoms with E-state index in [4.69, 9.17) is 5.73 Å². The van der Waals surface area contributed by atoms with Crippen LogP contribution in [-0.4, -0.2) is 29.1 Å². The number of aromatic nitrogens is 2. The van der Waals surface area contributed by atoms with Crippen LogP contribution in [0.3, 0.4) is 0 Å². The summed E-state index contributed by atoms with van der Waals surface area (Å²) >= 11 is 6.00. The third-order valence-corrected chi connectivity index (χ3v) is 6.90. The second kappa shape index (κ2) is 7.17. The van der Waals surface area contributed by atoms with Crippen molar-refractivity contribution in [2.24, 2.45) is 11.1 Å². The highest BCUT2D eigenvalue weighted by atomic mass is 32.2. The number of hydrogen-bond acceptors (Lipinski definition) is 6. The van der Waals surface area contributed by atoms with Crippen LogP contribution in [0.25, 0.3) is 0 Å². The van der Waals surface area contributed by atoms with E-state index in [1.165, 1.54) is 32.1 Å². The van der Waals surface area contributed by atoms with Gasteiger partial charge in [-0.1, -0.05) is 24.2 Å². The second-order valence-electron chi connectivity index (χ2n) is 7.16. The lowest BCUT2D eigenvalue weighted by molar-refractivity contribution is 0.197. The molecule has 25 heavy (non-hydrogen) atoms. The number of piperidine rings is 1. The normalized spacial score (nSPS) is 22.5. The molecule has 2 fully saturated rings. The van der Waals surface area contributed by atoms with Crippen molar-refractivity contribution in [3.63, 3.8) is 0 Å². The number of nitrogens with two attached hydrogens (primary N) is 1. The van der Waals surface area contributed by atoms with Crippen molar-refractivity contribution in [3.05, 3.63) is 36.7 Å². The van der Waals surface area contributed by atoms with Crippen molar-refractivity contribution in [3.8, 4) is 0 Å². The number of hydrogen-bond donors (Lipinski definition) is 2. The molecule has 1 aliphatic carbocycles. The number of benzene rings is 1. The van der Waals surface area contributed by atoms with Crippen molar-refractivity contribution < 1.29 is 0 Å². The van der Waals surface area contributed by atoms with Crippen molar-refractivity contribution in [1.82, 2.24) is 9.97 Å². The fraction of sp³-hybridized carbons (Fsp3) is 0.474. The van der Waals surface area contributed by atoms with Gasteiger partial charge in [-0.15, -0.1) is 12.6 Å². The molecular formula is C19H24N4S2. The van der Waals surface area contributed by atoms with Gasteiger partial charge in [-0.25, -0.2) is 9.97 Å². The van der Waals surface area contributed by atoms with Crippen molar-refractivity contribution >= 4 is 30.2 Å². The smallest absolute Gasteiger partial charge is 0.147 e. The van der Waals surface area contributed by atoms with Crippen LogP contribution in [0.5, 0.6) is 0 Å². The van der Waals surface area contributed by atoms with Gasteiger partial charge in [0.25, 0.3) is 0 Å². The summed E-state index contributed by atoms with van der Waals surface area (Å²) in [6.07, 6.45) is 9.92. The highest BCUT2D eigenvalue weighted by molar-refractivity contribution is 7.99. The van der Waals surface area contributed by atoms with Crippen LogP contribution in [0.4, 0.5) is 5.82 Å².